The van der Waals surface area contributed by atoms with Crippen molar-refractivity contribution in [2.24, 2.45) is 73.4 Å². The molecule has 63 heavy (non-hydrogen) atoms. The lowest BCUT2D eigenvalue weighted by Gasteiger charge is -2.79. The van der Waals surface area contributed by atoms with E-state index in [2.05, 4.69) is 50.0 Å². The monoisotopic (exact) mass is 861 g/mol. The van der Waals surface area contributed by atoms with Crippen molar-refractivity contribution in [1.29, 1.82) is 0 Å². The van der Waals surface area contributed by atoms with Crippen molar-refractivity contribution in [3.63, 3.8) is 0 Å². The Bertz CT molecular complexity index is 2330. The molecule has 1 aromatic rings. The first-order chi connectivity index (χ1) is 30.1. The second-order valence-electron chi connectivity index (χ2n) is 23.9. The fourth-order valence-electron chi connectivity index (χ4n) is 19.9. The summed E-state index contributed by atoms with van der Waals surface area (Å²) in [5.41, 5.74) is -3.49. The average molecular weight is 861 g/mol. The number of rotatable bonds is 7. The van der Waals surface area contributed by atoms with Crippen molar-refractivity contribution < 1.29 is 39.9 Å². The van der Waals surface area contributed by atoms with Crippen molar-refractivity contribution in [1.82, 2.24) is 0 Å². The number of allylic oxidation sites excluding steroid dienone is 2. The van der Waals surface area contributed by atoms with Gasteiger partial charge in [0.05, 0.1) is 24.9 Å². The Morgan fingerprint density at radius 2 is 1.75 bits per heavy atom. The molecule has 0 saturated heterocycles. The first kappa shape index (κ1) is 43.0. The number of carbonyl (C=O) groups excluding carboxylic acids is 2. The molecule has 0 unspecified atom stereocenters. The van der Waals surface area contributed by atoms with Crippen LogP contribution in [0.25, 0.3) is 12.2 Å². The van der Waals surface area contributed by atoms with Crippen LogP contribution in [0.15, 0.2) is 29.8 Å². The third-order valence-electron chi connectivity index (χ3n) is 22.0. The van der Waals surface area contributed by atoms with E-state index in [1.54, 1.807) is 7.11 Å². The first-order valence-corrected chi connectivity index (χ1v) is 25.1. The van der Waals surface area contributed by atoms with Gasteiger partial charge in [-0.3, -0.25) is 9.59 Å². The normalized spacial score (nSPS) is 48.7. The first-order valence-electron chi connectivity index (χ1n) is 25.1. The number of Topliss-reactive ketones (excluding diaryl/α,β-unsaturated/α-hetero) is 1. The molecule has 5 N–H and O–H groups in total. The number of methoxy groups -OCH3 is 1. The van der Waals surface area contributed by atoms with Crippen molar-refractivity contribution in [2.75, 3.05) is 20.3 Å². The predicted molar refractivity (Wildman–Crippen MR) is 240 cm³/mol. The summed E-state index contributed by atoms with van der Waals surface area (Å²) in [6.07, 6.45) is 17.8. The minimum absolute atomic E-state index is 0.00715. The van der Waals surface area contributed by atoms with Crippen LogP contribution in [0, 0.1) is 85.3 Å². The molecule has 8 nitrogen and oxygen atoms in total. The van der Waals surface area contributed by atoms with Crippen molar-refractivity contribution in [2.45, 2.75) is 160 Å². The van der Waals surface area contributed by atoms with Crippen LogP contribution < -0.4 is 10.4 Å². The molecule has 3 spiro atoms. The van der Waals surface area contributed by atoms with Crippen molar-refractivity contribution in [3.05, 3.63) is 45.8 Å². The summed E-state index contributed by atoms with van der Waals surface area (Å²) in [6.45, 7) is 6.90. The third-order valence-corrected chi connectivity index (χ3v) is 22.0. The number of hydrogen-bond donors (Lipinski definition) is 5. The Hall–Kier alpha value is -2.64. The Labute approximate surface area is 374 Å². The van der Waals surface area contributed by atoms with Gasteiger partial charge in [-0.1, -0.05) is 75.5 Å². The number of fused-ring (bicyclic) bond motifs is 7. The van der Waals surface area contributed by atoms with Gasteiger partial charge < -0.3 is 30.3 Å². The smallest absolute Gasteiger partial charge is 0.163 e. The molecule has 7 fully saturated rings. The zero-order chi connectivity index (χ0) is 44.2. The van der Waals surface area contributed by atoms with E-state index in [-0.39, 0.29) is 52.0 Å². The maximum Gasteiger partial charge on any atom is 0.163 e. The topological polar surface area (TPSA) is 145 Å². The van der Waals surface area contributed by atoms with Gasteiger partial charge in [0, 0.05) is 54.3 Å². The van der Waals surface area contributed by atoms with Gasteiger partial charge in [0.1, 0.15) is 5.60 Å². The molecule has 7 saturated carbocycles. The Balaban J connectivity index is 1.16. The molecule has 0 aromatic heterocycles. The summed E-state index contributed by atoms with van der Waals surface area (Å²) in [5.74, 6) is 6.04. The van der Waals surface area contributed by atoms with Crippen LogP contribution in [-0.4, -0.2) is 81.3 Å². The van der Waals surface area contributed by atoms with E-state index in [9.17, 15) is 30.3 Å². The zero-order valence-electron chi connectivity index (χ0n) is 38.3. The standard InChI is InChI=1S/C55H72O8/c1-48-18-5-8-21-53(62)24-15-37-47(61)55(53,51(32-48)19-6-7-20-51)40(30-48)39-29-42(58)46-52(50(37,39)3)22-14-34-27-36-33(11-9-12-35(36)41(57)13-10-26-63-4)28-38(34)54(46)25-17-44(59)49(2,45(60)31-56)43(54)16-23-52/h9,11-12,27-29,34,37-38,40,43-47,56,59-62H,5-7,10,13-20,22-26,30-32H2,1-4H3/t34-,37-,38-,40-,43-,44+,45-,46+,47+,48-,49+,50-,52-,53-,54-,55-/m1/s1. The van der Waals surface area contributed by atoms with E-state index in [0.717, 1.165) is 86.6 Å². The summed E-state index contributed by atoms with van der Waals surface area (Å²) < 4.78 is 5.30. The van der Waals surface area contributed by atoms with Crippen LogP contribution in [0.4, 0.5) is 0 Å². The highest BCUT2D eigenvalue weighted by molar-refractivity contribution is 5.97. The molecular formula is C55H72O8. The molecule has 16 atom stereocenters. The van der Waals surface area contributed by atoms with Crippen LogP contribution in [0.3, 0.4) is 0 Å². The minimum Gasteiger partial charge on any atom is -0.394 e. The molecular weight excluding hydrogens is 789 g/mol. The third kappa shape index (κ3) is 5.07. The number of ether oxygens (including phenoxy) is 1. The SMILES string of the molecule is COCCCC(=O)c1cccc2c1=C[C@H]1CC[C@@]34CC[C@@H]5[C@](C)([C@H](O)CO)[C@@H](O)CC[C@]5([C@@H]1C=2)[C@H]3C(=O)C=C1[C@H]2C[C@@]3(C)CCC#C[C@@]5(O)CC[C@H]([C@H](O)[C@@]25C2(CCCC2)C3)[C@]14C. The van der Waals surface area contributed by atoms with E-state index < -0.39 is 63.5 Å². The molecule has 11 aliphatic rings. The number of aliphatic hydroxyl groups excluding tert-OH is 4. The molecule has 0 amide bonds. The molecule has 0 radical (unpaired) electrons. The zero-order valence-corrected chi connectivity index (χ0v) is 38.3. The van der Waals surface area contributed by atoms with Gasteiger partial charge >= 0.3 is 0 Å². The summed E-state index contributed by atoms with van der Waals surface area (Å²) in [6, 6.07) is 6.04. The maximum absolute atomic E-state index is 16.3. The Morgan fingerprint density at radius 3 is 2.51 bits per heavy atom. The van der Waals surface area contributed by atoms with Gasteiger partial charge in [0.15, 0.2) is 11.6 Å². The van der Waals surface area contributed by atoms with Crippen LogP contribution >= 0.6 is 0 Å². The Kier molecular flexibility index (Phi) is 9.68. The van der Waals surface area contributed by atoms with Crippen molar-refractivity contribution in [3.8, 4) is 11.8 Å². The van der Waals surface area contributed by atoms with Gasteiger partial charge in [0.25, 0.3) is 0 Å². The predicted octanol–water partition coefficient (Wildman–Crippen LogP) is 6.20. The van der Waals surface area contributed by atoms with E-state index in [1.165, 1.54) is 5.57 Å². The van der Waals surface area contributed by atoms with Gasteiger partial charge in [0.2, 0.25) is 0 Å². The highest BCUT2D eigenvalue weighted by Crippen LogP contribution is 2.85. The summed E-state index contributed by atoms with van der Waals surface area (Å²) in [4.78, 5) is 30.2. The molecule has 11 aliphatic carbocycles. The summed E-state index contributed by atoms with van der Waals surface area (Å²) >= 11 is 0. The van der Waals surface area contributed by atoms with E-state index >= 15 is 4.79 Å². The lowest BCUT2D eigenvalue weighted by molar-refractivity contribution is -0.321. The highest BCUT2D eigenvalue weighted by Gasteiger charge is 2.84. The Morgan fingerprint density at radius 1 is 0.968 bits per heavy atom. The molecule has 8 heteroatoms. The molecule has 5 bridgehead atoms. The maximum atomic E-state index is 16.3. The van der Waals surface area contributed by atoms with Crippen LogP contribution in [-0.2, 0) is 9.53 Å². The van der Waals surface area contributed by atoms with Gasteiger partial charge in [-0.15, -0.1) is 5.92 Å². The molecule has 12 rings (SSSR count). The van der Waals surface area contributed by atoms with Crippen LogP contribution in [0.1, 0.15) is 147 Å². The number of ketones is 2. The fourth-order valence-corrected chi connectivity index (χ4v) is 19.9. The molecule has 0 heterocycles. The second kappa shape index (κ2) is 14.2. The second-order valence-corrected chi connectivity index (χ2v) is 23.9. The van der Waals surface area contributed by atoms with E-state index in [0.29, 0.717) is 51.6 Å². The van der Waals surface area contributed by atoms with Gasteiger partial charge in [-0.2, -0.15) is 0 Å². The highest BCUT2D eigenvalue weighted by atomic mass is 16.5. The van der Waals surface area contributed by atoms with Gasteiger partial charge in [-0.05, 0) is 158 Å². The van der Waals surface area contributed by atoms with Crippen molar-refractivity contribution >= 4 is 23.7 Å². The molecule has 340 valence electrons. The van der Waals surface area contributed by atoms with E-state index in [4.69, 9.17) is 4.74 Å². The molecule has 1 aromatic carbocycles. The lowest BCUT2D eigenvalue weighted by atomic mass is 9.25. The molecule has 0 aliphatic heterocycles. The van der Waals surface area contributed by atoms with Crippen LogP contribution in [0.2, 0.25) is 0 Å². The largest absolute Gasteiger partial charge is 0.394 e. The fraction of sp³-hybridized carbons (Fsp3) is 0.745. The van der Waals surface area contributed by atoms with Crippen LogP contribution in [0.5, 0.6) is 0 Å². The number of hydrogen-bond acceptors (Lipinski definition) is 8. The van der Waals surface area contributed by atoms with Gasteiger partial charge in [-0.25, -0.2) is 0 Å². The average Bonchev–Trinajstić information content (AvgIpc) is 3.72. The number of benzene rings is 1. The lowest BCUT2D eigenvalue weighted by Crippen LogP contribution is -2.80. The number of aliphatic hydroxyl groups is 5. The summed E-state index contributed by atoms with van der Waals surface area (Å²) in [7, 11) is 1.66. The summed E-state index contributed by atoms with van der Waals surface area (Å²) in [5, 5.41) is 64.0. The minimum atomic E-state index is -1.35. The van der Waals surface area contributed by atoms with E-state index in [1.807, 2.05) is 19.1 Å². The quantitative estimate of drug-likeness (QED) is 0.124. The number of carbonyl (C=O) groups is 2.